The van der Waals surface area contributed by atoms with E-state index in [1.54, 1.807) is 50.4 Å². The number of carbonyl (C=O) groups excluding carboxylic acids is 1. The summed E-state index contributed by atoms with van der Waals surface area (Å²) in [6, 6.07) is 11.5. The number of carbonyl (C=O) groups is 1. The molecule has 27 heavy (non-hydrogen) atoms. The second kappa shape index (κ2) is 7.65. The van der Waals surface area contributed by atoms with Crippen molar-refractivity contribution < 1.29 is 23.7 Å². The fourth-order valence-electron chi connectivity index (χ4n) is 2.46. The molecule has 3 aromatic rings. The molecule has 9 heteroatoms. The first-order valence-corrected chi connectivity index (χ1v) is 7.87. The van der Waals surface area contributed by atoms with E-state index in [1.807, 2.05) is 0 Å². The number of nitrogens with zero attached hydrogens (tertiary/aromatic N) is 3. The van der Waals surface area contributed by atoms with Crippen molar-refractivity contribution in [1.82, 2.24) is 10.1 Å². The minimum absolute atomic E-state index is 0.0662. The highest BCUT2D eigenvalue weighted by molar-refractivity contribution is 5.94. The van der Waals surface area contributed by atoms with Crippen molar-refractivity contribution >= 4 is 11.7 Å². The number of hydrogen-bond acceptors (Lipinski definition) is 8. The van der Waals surface area contributed by atoms with E-state index in [1.165, 1.54) is 6.07 Å². The first-order valence-electron chi connectivity index (χ1n) is 7.87. The first-order chi connectivity index (χ1) is 13.0. The Labute approximate surface area is 153 Å². The molecule has 0 bridgehead atoms. The normalized spacial score (nSPS) is 10.4. The summed E-state index contributed by atoms with van der Waals surface area (Å²) < 4.78 is 15.3. The number of aromatic nitrogens is 2. The van der Waals surface area contributed by atoms with Crippen LogP contribution in [0.4, 0.5) is 5.69 Å². The topological polar surface area (TPSA) is 118 Å². The minimum Gasteiger partial charge on any atom is -0.497 e. The molecule has 1 heterocycles. The van der Waals surface area contributed by atoms with Gasteiger partial charge in [0.1, 0.15) is 11.3 Å². The van der Waals surface area contributed by atoms with Gasteiger partial charge in [-0.05, 0) is 25.1 Å². The number of para-hydroxylation sites is 1. The third-order valence-electron chi connectivity index (χ3n) is 3.76. The van der Waals surface area contributed by atoms with Crippen molar-refractivity contribution in [1.29, 1.82) is 0 Å². The van der Waals surface area contributed by atoms with Crippen molar-refractivity contribution in [2.45, 2.75) is 13.5 Å². The first kappa shape index (κ1) is 18.1. The van der Waals surface area contributed by atoms with Crippen LogP contribution in [0.3, 0.4) is 0 Å². The fraction of sp³-hybridized carbons (Fsp3) is 0.167. The van der Waals surface area contributed by atoms with Gasteiger partial charge in [0.25, 0.3) is 11.6 Å². The lowest BCUT2D eigenvalue weighted by molar-refractivity contribution is -0.385. The van der Waals surface area contributed by atoms with Crippen LogP contribution in [-0.2, 0) is 11.3 Å². The molecule has 0 unspecified atom stereocenters. The van der Waals surface area contributed by atoms with E-state index in [2.05, 4.69) is 10.1 Å². The molecule has 0 aliphatic rings. The zero-order valence-corrected chi connectivity index (χ0v) is 14.5. The summed E-state index contributed by atoms with van der Waals surface area (Å²) in [7, 11) is 1.55. The summed E-state index contributed by atoms with van der Waals surface area (Å²) >= 11 is 0. The molecule has 0 N–H and O–H groups in total. The molecule has 1 aromatic heterocycles. The monoisotopic (exact) mass is 369 g/mol. The Kier molecular flexibility index (Phi) is 5.11. The van der Waals surface area contributed by atoms with Crippen LogP contribution >= 0.6 is 0 Å². The number of methoxy groups -OCH3 is 1. The zero-order chi connectivity index (χ0) is 19.4. The number of ether oxygens (including phenoxy) is 2. The lowest BCUT2D eigenvalue weighted by atomic mass is 10.1. The predicted molar refractivity (Wildman–Crippen MR) is 93.2 cm³/mol. The van der Waals surface area contributed by atoms with Crippen molar-refractivity contribution in [3.05, 3.63) is 69.6 Å². The molecule has 0 atom stereocenters. The van der Waals surface area contributed by atoms with Gasteiger partial charge in [-0.15, -0.1) is 0 Å². The molecule has 0 saturated heterocycles. The van der Waals surface area contributed by atoms with E-state index in [9.17, 15) is 14.9 Å². The molecular weight excluding hydrogens is 354 g/mol. The summed E-state index contributed by atoms with van der Waals surface area (Å²) in [5.74, 6) is 0.168. The maximum atomic E-state index is 12.2. The number of hydrogen-bond donors (Lipinski definition) is 0. The molecular formula is C18H15N3O6. The molecule has 0 saturated carbocycles. The summed E-state index contributed by atoms with van der Waals surface area (Å²) in [5.41, 5.74) is 0.621. The molecule has 0 aliphatic heterocycles. The molecule has 0 radical (unpaired) electrons. The van der Waals surface area contributed by atoms with E-state index in [0.717, 1.165) is 0 Å². The number of esters is 1. The average molecular weight is 369 g/mol. The maximum Gasteiger partial charge on any atom is 0.345 e. The summed E-state index contributed by atoms with van der Waals surface area (Å²) in [5, 5.41) is 15.0. The van der Waals surface area contributed by atoms with Crippen LogP contribution in [-0.4, -0.2) is 28.1 Å². The number of aryl methyl sites for hydroxylation is 1. The second-order valence-corrected chi connectivity index (χ2v) is 5.55. The number of rotatable bonds is 6. The molecule has 9 nitrogen and oxygen atoms in total. The summed E-state index contributed by atoms with van der Waals surface area (Å²) in [6.07, 6.45) is 0. The van der Waals surface area contributed by atoms with E-state index in [0.29, 0.717) is 22.7 Å². The zero-order valence-electron chi connectivity index (χ0n) is 14.5. The van der Waals surface area contributed by atoms with E-state index in [-0.39, 0.29) is 23.7 Å². The van der Waals surface area contributed by atoms with E-state index >= 15 is 0 Å². The standard InChI is InChI=1S/C18H15N3O6/c1-11-5-3-8-14(16(11)21(23)24)18(22)26-10-15-19-17(20-27-15)12-6-4-7-13(9-12)25-2/h3-9H,10H2,1-2H3. The molecule has 0 fully saturated rings. The third-order valence-corrected chi connectivity index (χ3v) is 3.76. The summed E-state index contributed by atoms with van der Waals surface area (Å²) in [4.78, 5) is 26.9. The van der Waals surface area contributed by atoms with Crippen LogP contribution in [0.1, 0.15) is 21.8 Å². The molecule has 2 aromatic carbocycles. The highest BCUT2D eigenvalue weighted by Crippen LogP contribution is 2.24. The molecule has 3 rings (SSSR count). The second-order valence-electron chi connectivity index (χ2n) is 5.55. The fourth-order valence-corrected chi connectivity index (χ4v) is 2.46. The van der Waals surface area contributed by atoms with Gasteiger partial charge in [-0.3, -0.25) is 10.1 Å². The quantitative estimate of drug-likeness (QED) is 0.369. The van der Waals surface area contributed by atoms with Crippen LogP contribution in [0.25, 0.3) is 11.4 Å². The van der Waals surface area contributed by atoms with Gasteiger partial charge >= 0.3 is 5.97 Å². The van der Waals surface area contributed by atoms with Crippen LogP contribution in [0.2, 0.25) is 0 Å². The number of benzene rings is 2. The van der Waals surface area contributed by atoms with Gasteiger partial charge in [-0.1, -0.05) is 29.4 Å². The van der Waals surface area contributed by atoms with E-state index < -0.39 is 10.9 Å². The van der Waals surface area contributed by atoms with Crippen LogP contribution in [0.5, 0.6) is 5.75 Å². The van der Waals surface area contributed by atoms with Gasteiger partial charge in [0, 0.05) is 11.1 Å². The third kappa shape index (κ3) is 3.92. The Bertz CT molecular complexity index is 998. The minimum atomic E-state index is -0.841. The van der Waals surface area contributed by atoms with Crippen LogP contribution < -0.4 is 4.74 Å². The predicted octanol–water partition coefficient (Wildman–Crippen LogP) is 3.32. The van der Waals surface area contributed by atoms with Crippen molar-refractivity contribution in [2.24, 2.45) is 0 Å². The van der Waals surface area contributed by atoms with Crippen LogP contribution in [0, 0.1) is 17.0 Å². The molecule has 0 spiro atoms. The van der Waals surface area contributed by atoms with Gasteiger partial charge in [0.15, 0.2) is 6.61 Å². The van der Waals surface area contributed by atoms with Crippen molar-refractivity contribution in [3.8, 4) is 17.1 Å². The smallest absolute Gasteiger partial charge is 0.345 e. The Hall–Kier alpha value is -3.75. The van der Waals surface area contributed by atoms with E-state index in [4.69, 9.17) is 14.0 Å². The lowest BCUT2D eigenvalue weighted by Crippen LogP contribution is -2.09. The molecule has 0 aliphatic carbocycles. The van der Waals surface area contributed by atoms with Crippen LogP contribution in [0.15, 0.2) is 47.0 Å². The average Bonchev–Trinajstić information content (AvgIpc) is 3.14. The van der Waals surface area contributed by atoms with Gasteiger partial charge in [-0.25, -0.2) is 4.79 Å². The van der Waals surface area contributed by atoms with Crippen molar-refractivity contribution in [2.75, 3.05) is 7.11 Å². The number of nitro groups is 1. The largest absolute Gasteiger partial charge is 0.497 e. The summed E-state index contributed by atoms with van der Waals surface area (Å²) in [6.45, 7) is 1.24. The van der Waals surface area contributed by atoms with Gasteiger partial charge < -0.3 is 14.0 Å². The lowest BCUT2D eigenvalue weighted by Gasteiger charge is -2.04. The Balaban J connectivity index is 1.73. The Morgan fingerprint density at radius 3 is 2.78 bits per heavy atom. The highest BCUT2D eigenvalue weighted by atomic mass is 16.6. The van der Waals surface area contributed by atoms with Gasteiger partial charge in [0.05, 0.1) is 12.0 Å². The van der Waals surface area contributed by atoms with Gasteiger partial charge in [0.2, 0.25) is 5.82 Å². The SMILES string of the molecule is COc1cccc(-c2noc(COC(=O)c3cccc(C)c3[N+](=O)[O-])n2)c1. The maximum absolute atomic E-state index is 12.2. The van der Waals surface area contributed by atoms with Gasteiger partial charge in [-0.2, -0.15) is 4.98 Å². The highest BCUT2D eigenvalue weighted by Gasteiger charge is 2.24. The van der Waals surface area contributed by atoms with Crippen molar-refractivity contribution in [3.63, 3.8) is 0 Å². The Morgan fingerprint density at radius 1 is 1.26 bits per heavy atom. The Morgan fingerprint density at radius 2 is 2.04 bits per heavy atom. The molecule has 138 valence electrons. The molecule has 0 amide bonds. The number of nitro benzene ring substituents is 1.